The zero-order chi connectivity index (χ0) is 25.1. The largest absolute Gasteiger partial charge is 0.497 e. The van der Waals surface area contributed by atoms with Crippen LogP contribution in [0.4, 0.5) is 0 Å². The van der Waals surface area contributed by atoms with Gasteiger partial charge < -0.3 is 19.6 Å². The molecule has 3 aromatic rings. The number of benzene rings is 3. The molecule has 1 N–H and O–H groups in total. The third-order valence-electron chi connectivity index (χ3n) is 7.02. The average Bonchev–Trinajstić information content (AvgIpc) is 2.90. The highest BCUT2D eigenvalue weighted by molar-refractivity contribution is 5.88. The standard InChI is InChI=1S/C30H28N2O4/c1-36-25-9-5-8-23(16-25)11-10-21-12-14-24(15-13-21)30-26-18-31(19-29(35)32(26)27(30)20-33)28(34)17-22-6-3-2-4-7-22/h2-9,12-16,26-27,30,33H,17-20H2,1H3/t26-,27-,30-/m0/s1. The van der Waals surface area contributed by atoms with Crippen molar-refractivity contribution in [3.63, 3.8) is 0 Å². The van der Waals surface area contributed by atoms with Gasteiger partial charge in [0.25, 0.3) is 0 Å². The first-order valence-electron chi connectivity index (χ1n) is 12.1. The normalized spacial score (nSPS) is 20.6. The smallest absolute Gasteiger partial charge is 0.242 e. The zero-order valence-electron chi connectivity index (χ0n) is 20.1. The lowest BCUT2D eigenvalue weighted by molar-refractivity contribution is -0.166. The van der Waals surface area contributed by atoms with E-state index < -0.39 is 0 Å². The molecule has 36 heavy (non-hydrogen) atoms. The predicted octanol–water partition coefficient (Wildman–Crippen LogP) is 2.84. The molecule has 2 saturated heterocycles. The Labute approximate surface area is 211 Å². The molecule has 2 fully saturated rings. The molecule has 3 atom stereocenters. The van der Waals surface area contributed by atoms with Crippen LogP contribution in [0.15, 0.2) is 78.9 Å². The van der Waals surface area contributed by atoms with Crippen molar-refractivity contribution in [2.24, 2.45) is 0 Å². The van der Waals surface area contributed by atoms with Crippen molar-refractivity contribution in [3.8, 4) is 17.6 Å². The Hall–Kier alpha value is -4.08. The summed E-state index contributed by atoms with van der Waals surface area (Å²) in [6, 6.07) is 24.7. The molecule has 5 rings (SSSR count). The van der Waals surface area contributed by atoms with Crippen molar-refractivity contribution in [1.29, 1.82) is 0 Å². The van der Waals surface area contributed by atoms with Crippen molar-refractivity contribution in [2.45, 2.75) is 24.4 Å². The van der Waals surface area contributed by atoms with Crippen molar-refractivity contribution in [3.05, 3.63) is 101 Å². The van der Waals surface area contributed by atoms with Crippen LogP contribution in [0.5, 0.6) is 5.75 Å². The van der Waals surface area contributed by atoms with Gasteiger partial charge in [-0.05, 0) is 41.5 Å². The van der Waals surface area contributed by atoms with Crippen LogP contribution < -0.4 is 4.74 Å². The number of fused-ring (bicyclic) bond motifs is 1. The Kier molecular flexibility index (Phi) is 6.75. The molecule has 182 valence electrons. The van der Waals surface area contributed by atoms with Crippen LogP contribution in [0.2, 0.25) is 0 Å². The Morgan fingerprint density at radius 3 is 2.47 bits per heavy atom. The second-order valence-corrected chi connectivity index (χ2v) is 9.18. The van der Waals surface area contributed by atoms with Crippen LogP contribution in [0.1, 0.15) is 28.2 Å². The molecule has 0 aromatic heterocycles. The van der Waals surface area contributed by atoms with Crippen LogP contribution in [0.3, 0.4) is 0 Å². The highest BCUT2D eigenvalue weighted by atomic mass is 16.5. The van der Waals surface area contributed by atoms with Crippen molar-refractivity contribution in [2.75, 3.05) is 26.8 Å². The topological polar surface area (TPSA) is 70.1 Å². The van der Waals surface area contributed by atoms with Crippen molar-refractivity contribution < 1.29 is 19.4 Å². The first-order chi connectivity index (χ1) is 17.6. The Bertz CT molecular complexity index is 1310. The number of rotatable bonds is 5. The van der Waals surface area contributed by atoms with Gasteiger partial charge in [-0.3, -0.25) is 9.59 Å². The highest BCUT2D eigenvalue weighted by Crippen LogP contribution is 2.43. The van der Waals surface area contributed by atoms with Crippen LogP contribution in [-0.4, -0.2) is 65.6 Å². The monoisotopic (exact) mass is 480 g/mol. The molecule has 2 aliphatic heterocycles. The summed E-state index contributed by atoms with van der Waals surface area (Å²) in [6.45, 7) is 0.419. The lowest BCUT2D eigenvalue weighted by Gasteiger charge is -2.58. The van der Waals surface area contributed by atoms with E-state index in [1.165, 1.54) is 0 Å². The Morgan fingerprint density at radius 1 is 1.00 bits per heavy atom. The molecular formula is C30H28N2O4. The summed E-state index contributed by atoms with van der Waals surface area (Å²) >= 11 is 0. The Morgan fingerprint density at radius 2 is 1.75 bits per heavy atom. The number of carbonyl (C=O) groups excluding carboxylic acids is 2. The molecule has 2 heterocycles. The molecule has 0 aliphatic carbocycles. The number of amides is 2. The van der Waals surface area contributed by atoms with E-state index in [2.05, 4.69) is 11.8 Å². The fourth-order valence-electron chi connectivity index (χ4n) is 5.21. The van der Waals surface area contributed by atoms with E-state index in [1.54, 1.807) is 16.9 Å². The molecule has 3 aromatic carbocycles. The summed E-state index contributed by atoms with van der Waals surface area (Å²) in [5, 5.41) is 10.0. The third kappa shape index (κ3) is 4.71. The number of carbonyl (C=O) groups is 2. The zero-order valence-corrected chi connectivity index (χ0v) is 20.1. The second-order valence-electron chi connectivity index (χ2n) is 9.18. The Balaban J connectivity index is 1.30. The van der Waals surface area contributed by atoms with Gasteiger partial charge in [-0.2, -0.15) is 0 Å². The predicted molar refractivity (Wildman–Crippen MR) is 136 cm³/mol. The average molecular weight is 481 g/mol. The number of hydrogen-bond acceptors (Lipinski definition) is 4. The minimum Gasteiger partial charge on any atom is -0.497 e. The van der Waals surface area contributed by atoms with Gasteiger partial charge in [0, 0.05) is 23.6 Å². The number of aliphatic hydroxyl groups excluding tert-OH is 1. The third-order valence-corrected chi connectivity index (χ3v) is 7.02. The van der Waals surface area contributed by atoms with Crippen molar-refractivity contribution >= 4 is 11.8 Å². The summed E-state index contributed by atoms with van der Waals surface area (Å²) in [7, 11) is 1.63. The molecule has 6 heteroatoms. The SMILES string of the molecule is COc1cccc(C#Cc2ccc([C@@H]3[C@H](CO)N4C(=O)CN(C(=O)Cc5ccccc5)C[C@@H]34)cc2)c1. The molecule has 0 radical (unpaired) electrons. The van der Waals surface area contributed by atoms with E-state index in [9.17, 15) is 14.7 Å². The van der Waals surface area contributed by atoms with Crippen LogP contribution in [0, 0.1) is 11.8 Å². The summed E-state index contributed by atoms with van der Waals surface area (Å²) in [4.78, 5) is 29.2. The number of piperazine rings is 1. The molecule has 6 nitrogen and oxygen atoms in total. The van der Waals surface area contributed by atoms with E-state index in [1.807, 2.05) is 78.9 Å². The number of ether oxygens (including phenoxy) is 1. The van der Waals surface area contributed by atoms with Crippen LogP contribution >= 0.6 is 0 Å². The fourth-order valence-corrected chi connectivity index (χ4v) is 5.21. The second kappa shape index (κ2) is 10.3. The molecule has 0 unspecified atom stereocenters. The number of methoxy groups -OCH3 is 1. The maximum absolute atomic E-state index is 12.9. The van der Waals surface area contributed by atoms with Gasteiger partial charge in [0.15, 0.2) is 0 Å². The molecule has 0 bridgehead atoms. The summed E-state index contributed by atoms with van der Waals surface area (Å²) in [5.74, 6) is 6.90. The quantitative estimate of drug-likeness (QED) is 0.571. The summed E-state index contributed by atoms with van der Waals surface area (Å²) in [5.41, 5.74) is 3.71. The van der Waals surface area contributed by atoms with Crippen molar-refractivity contribution in [1.82, 2.24) is 9.80 Å². The van der Waals surface area contributed by atoms with Gasteiger partial charge >= 0.3 is 0 Å². The van der Waals surface area contributed by atoms with E-state index in [-0.39, 0.29) is 49.4 Å². The van der Waals surface area contributed by atoms with E-state index in [0.717, 1.165) is 28.0 Å². The number of hydrogen-bond donors (Lipinski definition) is 1. The lowest BCUT2D eigenvalue weighted by Crippen LogP contribution is -2.73. The number of nitrogens with zero attached hydrogens (tertiary/aromatic N) is 2. The van der Waals surface area contributed by atoms with Gasteiger partial charge in [0.1, 0.15) is 5.75 Å². The summed E-state index contributed by atoms with van der Waals surface area (Å²) in [6.07, 6.45) is 0.273. The molecule has 0 saturated carbocycles. The fraction of sp³-hybridized carbons (Fsp3) is 0.267. The van der Waals surface area contributed by atoms with Gasteiger partial charge in [-0.1, -0.05) is 60.4 Å². The summed E-state index contributed by atoms with van der Waals surface area (Å²) < 4.78 is 5.25. The molecular weight excluding hydrogens is 452 g/mol. The minimum atomic E-state index is -0.275. The maximum atomic E-state index is 12.9. The van der Waals surface area contributed by atoms with E-state index in [0.29, 0.717) is 6.54 Å². The van der Waals surface area contributed by atoms with Gasteiger partial charge in [0.2, 0.25) is 11.8 Å². The van der Waals surface area contributed by atoms with E-state index >= 15 is 0 Å². The van der Waals surface area contributed by atoms with Gasteiger partial charge in [-0.25, -0.2) is 0 Å². The van der Waals surface area contributed by atoms with Gasteiger partial charge in [-0.15, -0.1) is 0 Å². The molecule has 0 spiro atoms. The van der Waals surface area contributed by atoms with E-state index in [4.69, 9.17) is 4.74 Å². The van der Waals surface area contributed by atoms with Crippen LogP contribution in [0.25, 0.3) is 0 Å². The first-order valence-corrected chi connectivity index (χ1v) is 12.1. The molecule has 2 aliphatic rings. The lowest BCUT2D eigenvalue weighted by atomic mass is 9.73. The molecule has 2 amide bonds. The first kappa shape index (κ1) is 23.7. The minimum absolute atomic E-state index is 0.0355. The maximum Gasteiger partial charge on any atom is 0.242 e. The highest BCUT2D eigenvalue weighted by Gasteiger charge is 2.54. The van der Waals surface area contributed by atoms with Crippen LogP contribution in [-0.2, 0) is 16.0 Å². The van der Waals surface area contributed by atoms with Gasteiger partial charge in [0.05, 0.1) is 38.8 Å². The number of aliphatic hydroxyl groups is 1.